The fraction of sp³-hybridized carbons (Fsp3) is 1.00. The molecule has 1 unspecified atom stereocenters. The van der Waals surface area contributed by atoms with Crippen molar-refractivity contribution in [2.75, 3.05) is 19.8 Å². The standard InChI is InChI=1S/C6H15NO2/c1-3-9-5-6(2,8)4-7/h8H,3-5,7H2,1-2H3. The minimum Gasteiger partial charge on any atom is -0.386 e. The second-order valence-electron chi connectivity index (χ2n) is 2.34. The Labute approximate surface area is 55.8 Å². The topological polar surface area (TPSA) is 55.5 Å². The Morgan fingerprint density at radius 1 is 1.67 bits per heavy atom. The molecular formula is C6H15NO2. The quantitative estimate of drug-likeness (QED) is 0.555. The predicted molar refractivity (Wildman–Crippen MR) is 36.2 cm³/mol. The summed E-state index contributed by atoms with van der Waals surface area (Å²) >= 11 is 0. The second-order valence-corrected chi connectivity index (χ2v) is 2.34. The molecule has 0 aromatic heterocycles. The molecule has 0 saturated heterocycles. The molecule has 0 heterocycles. The van der Waals surface area contributed by atoms with Crippen LogP contribution in [-0.4, -0.2) is 30.5 Å². The second kappa shape index (κ2) is 3.82. The van der Waals surface area contributed by atoms with Crippen LogP contribution in [0.25, 0.3) is 0 Å². The van der Waals surface area contributed by atoms with Crippen LogP contribution in [0, 0.1) is 0 Å². The van der Waals surface area contributed by atoms with Gasteiger partial charge in [-0.2, -0.15) is 0 Å². The zero-order valence-electron chi connectivity index (χ0n) is 6.05. The smallest absolute Gasteiger partial charge is 0.0973 e. The molecule has 0 aromatic carbocycles. The first-order valence-electron chi connectivity index (χ1n) is 3.12. The Hall–Kier alpha value is -0.120. The molecule has 0 saturated carbocycles. The highest BCUT2D eigenvalue weighted by atomic mass is 16.5. The molecule has 0 fully saturated rings. The molecule has 3 nitrogen and oxygen atoms in total. The van der Waals surface area contributed by atoms with E-state index in [1.54, 1.807) is 6.92 Å². The van der Waals surface area contributed by atoms with Crippen LogP contribution in [0.15, 0.2) is 0 Å². The number of rotatable bonds is 4. The summed E-state index contributed by atoms with van der Waals surface area (Å²) in [6.07, 6.45) is 0. The van der Waals surface area contributed by atoms with Gasteiger partial charge in [-0.05, 0) is 13.8 Å². The van der Waals surface area contributed by atoms with Crippen LogP contribution >= 0.6 is 0 Å². The molecule has 3 N–H and O–H groups in total. The third-order valence-electron chi connectivity index (χ3n) is 1.06. The number of nitrogens with two attached hydrogens (primary N) is 1. The summed E-state index contributed by atoms with van der Waals surface area (Å²) < 4.78 is 4.96. The molecule has 0 bridgehead atoms. The first kappa shape index (κ1) is 8.88. The lowest BCUT2D eigenvalue weighted by Crippen LogP contribution is -2.38. The molecule has 0 aliphatic heterocycles. The lowest BCUT2D eigenvalue weighted by atomic mass is 10.1. The third-order valence-corrected chi connectivity index (χ3v) is 1.06. The van der Waals surface area contributed by atoms with Crippen molar-refractivity contribution in [3.8, 4) is 0 Å². The monoisotopic (exact) mass is 133 g/mol. The van der Waals surface area contributed by atoms with Crippen LogP contribution in [-0.2, 0) is 4.74 Å². The number of ether oxygens (including phenoxy) is 1. The molecule has 0 spiro atoms. The number of aliphatic hydroxyl groups is 1. The van der Waals surface area contributed by atoms with Crippen molar-refractivity contribution in [2.24, 2.45) is 5.73 Å². The van der Waals surface area contributed by atoms with E-state index in [-0.39, 0.29) is 6.54 Å². The van der Waals surface area contributed by atoms with Crippen LogP contribution in [0.4, 0.5) is 0 Å². The summed E-state index contributed by atoms with van der Waals surface area (Å²) in [5.41, 5.74) is 4.37. The first-order valence-corrected chi connectivity index (χ1v) is 3.12. The molecule has 9 heavy (non-hydrogen) atoms. The van der Waals surface area contributed by atoms with Gasteiger partial charge in [0, 0.05) is 13.2 Å². The van der Waals surface area contributed by atoms with Crippen LogP contribution in [0.2, 0.25) is 0 Å². The summed E-state index contributed by atoms with van der Waals surface area (Å²) in [6.45, 7) is 4.72. The van der Waals surface area contributed by atoms with Gasteiger partial charge in [-0.25, -0.2) is 0 Å². The van der Waals surface area contributed by atoms with E-state index in [0.29, 0.717) is 13.2 Å². The maximum absolute atomic E-state index is 9.20. The average molecular weight is 133 g/mol. The van der Waals surface area contributed by atoms with E-state index in [1.807, 2.05) is 6.92 Å². The Kier molecular flexibility index (Phi) is 3.77. The van der Waals surface area contributed by atoms with Gasteiger partial charge in [0.25, 0.3) is 0 Å². The molecule has 0 aliphatic rings. The van der Waals surface area contributed by atoms with Gasteiger partial charge in [0.2, 0.25) is 0 Å². The SMILES string of the molecule is CCOCC(C)(O)CN. The zero-order valence-corrected chi connectivity index (χ0v) is 6.05. The first-order chi connectivity index (χ1) is 4.12. The minimum absolute atomic E-state index is 0.243. The van der Waals surface area contributed by atoms with Crippen molar-refractivity contribution in [2.45, 2.75) is 19.4 Å². The van der Waals surface area contributed by atoms with E-state index in [1.165, 1.54) is 0 Å². The highest BCUT2D eigenvalue weighted by molar-refractivity contribution is 4.71. The summed E-state index contributed by atoms with van der Waals surface area (Å²) in [5.74, 6) is 0. The van der Waals surface area contributed by atoms with Crippen molar-refractivity contribution in [3.05, 3.63) is 0 Å². The lowest BCUT2D eigenvalue weighted by Gasteiger charge is -2.19. The predicted octanol–water partition coefficient (Wildman–Crippen LogP) is -0.267. The molecule has 56 valence electrons. The van der Waals surface area contributed by atoms with Gasteiger partial charge < -0.3 is 15.6 Å². The molecular weight excluding hydrogens is 118 g/mol. The number of hydrogen-bond donors (Lipinski definition) is 2. The van der Waals surface area contributed by atoms with Crippen molar-refractivity contribution < 1.29 is 9.84 Å². The van der Waals surface area contributed by atoms with Crippen LogP contribution < -0.4 is 5.73 Å². The highest BCUT2D eigenvalue weighted by Crippen LogP contribution is 1.99. The van der Waals surface area contributed by atoms with E-state index in [9.17, 15) is 5.11 Å². The maximum Gasteiger partial charge on any atom is 0.0973 e. The van der Waals surface area contributed by atoms with Crippen LogP contribution in [0.3, 0.4) is 0 Å². The van der Waals surface area contributed by atoms with E-state index in [0.717, 1.165) is 0 Å². The van der Waals surface area contributed by atoms with Crippen molar-refractivity contribution in [3.63, 3.8) is 0 Å². The van der Waals surface area contributed by atoms with E-state index in [4.69, 9.17) is 10.5 Å². The van der Waals surface area contributed by atoms with Gasteiger partial charge in [-0.3, -0.25) is 0 Å². The molecule has 0 amide bonds. The third kappa shape index (κ3) is 4.39. The van der Waals surface area contributed by atoms with E-state index in [2.05, 4.69) is 0 Å². The van der Waals surface area contributed by atoms with E-state index < -0.39 is 5.60 Å². The normalized spacial score (nSPS) is 17.3. The molecule has 3 heteroatoms. The Morgan fingerprint density at radius 2 is 2.22 bits per heavy atom. The number of hydrogen-bond acceptors (Lipinski definition) is 3. The van der Waals surface area contributed by atoms with Gasteiger partial charge in [0.1, 0.15) is 0 Å². The van der Waals surface area contributed by atoms with Gasteiger partial charge in [0.15, 0.2) is 0 Å². The lowest BCUT2D eigenvalue weighted by molar-refractivity contribution is -0.0235. The van der Waals surface area contributed by atoms with E-state index >= 15 is 0 Å². The summed E-state index contributed by atoms with van der Waals surface area (Å²) in [4.78, 5) is 0. The largest absolute Gasteiger partial charge is 0.386 e. The van der Waals surface area contributed by atoms with Crippen LogP contribution in [0.5, 0.6) is 0 Å². The maximum atomic E-state index is 9.20. The van der Waals surface area contributed by atoms with Crippen molar-refractivity contribution >= 4 is 0 Å². The van der Waals surface area contributed by atoms with Crippen molar-refractivity contribution in [1.82, 2.24) is 0 Å². The fourth-order valence-electron chi connectivity index (χ4n) is 0.381. The highest BCUT2D eigenvalue weighted by Gasteiger charge is 2.16. The van der Waals surface area contributed by atoms with Gasteiger partial charge >= 0.3 is 0 Å². The van der Waals surface area contributed by atoms with Gasteiger partial charge in [0.05, 0.1) is 12.2 Å². The Balaban J connectivity index is 3.33. The average Bonchev–Trinajstić information content (AvgIpc) is 1.84. The summed E-state index contributed by atoms with van der Waals surface area (Å²) in [7, 11) is 0. The Morgan fingerprint density at radius 3 is 2.56 bits per heavy atom. The minimum atomic E-state index is -0.851. The molecule has 0 aliphatic carbocycles. The fourth-order valence-corrected chi connectivity index (χ4v) is 0.381. The zero-order chi connectivity index (χ0) is 7.33. The molecule has 0 radical (unpaired) electrons. The van der Waals surface area contributed by atoms with Gasteiger partial charge in [-0.1, -0.05) is 0 Å². The Bertz CT molecular complexity index is 73.5. The molecule has 0 rings (SSSR count). The summed E-state index contributed by atoms with van der Waals surface area (Å²) in [6, 6.07) is 0. The summed E-state index contributed by atoms with van der Waals surface area (Å²) in [5, 5.41) is 9.20. The molecule has 1 atom stereocenters. The van der Waals surface area contributed by atoms with Crippen molar-refractivity contribution in [1.29, 1.82) is 0 Å². The van der Waals surface area contributed by atoms with Gasteiger partial charge in [-0.15, -0.1) is 0 Å². The molecule has 0 aromatic rings. The van der Waals surface area contributed by atoms with Crippen LogP contribution in [0.1, 0.15) is 13.8 Å².